The number of anilines is 1. The van der Waals surface area contributed by atoms with Gasteiger partial charge in [-0.3, -0.25) is 4.79 Å². The van der Waals surface area contributed by atoms with Crippen molar-refractivity contribution >= 4 is 21.6 Å². The van der Waals surface area contributed by atoms with Crippen molar-refractivity contribution in [3.05, 3.63) is 24.3 Å². The van der Waals surface area contributed by atoms with Gasteiger partial charge < -0.3 is 15.4 Å². The molecule has 1 rings (SSSR count). The molecule has 22 heavy (non-hydrogen) atoms. The van der Waals surface area contributed by atoms with Gasteiger partial charge in [-0.1, -0.05) is 0 Å². The third-order valence-electron chi connectivity index (χ3n) is 2.61. The summed E-state index contributed by atoms with van der Waals surface area (Å²) in [5.41, 5.74) is 0.544. The maximum Gasteiger partial charge on any atom is 0.240 e. The molecule has 7 nitrogen and oxygen atoms in total. The molecule has 0 aliphatic carbocycles. The Morgan fingerprint density at radius 3 is 2.41 bits per heavy atom. The first-order valence-electron chi connectivity index (χ1n) is 6.97. The molecule has 0 aromatic heterocycles. The van der Waals surface area contributed by atoms with Crippen LogP contribution in [0.3, 0.4) is 0 Å². The van der Waals surface area contributed by atoms with Crippen molar-refractivity contribution in [1.82, 2.24) is 10.0 Å². The number of rotatable bonds is 9. The first-order chi connectivity index (χ1) is 10.3. The van der Waals surface area contributed by atoms with E-state index in [1.165, 1.54) is 12.1 Å². The number of nitrogens with one attached hydrogen (secondary N) is 3. The Labute approximate surface area is 131 Å². The molecule has 0 aliphatic heterocycles. The molecule has 0 aliphatic rings. The van der Waals surface area contributed by atoms with Crippen molar-refractivity contribution < 1.29 is 17.9 Å². The molecular formula is C14H23N3O4S. The van der Waals surface area contributed by atoms with E-state index in [1.54, 1.807) is 33.1 Å². The first-order valence-corrected chi connectivity index (χ1v) is 8.45. The molecule has 1 aromatic rings. The summed E-state index contributed by atoms with van der Waals surface area (Å²) in [5.74, 6) is -0.202. The minimum Gasteiger partial charge on any atom is -0.383 e. The summed E-state index contributed by atoms with van der Waals surface area (Å²) in [6.45, 7) is 4.79. The standard InChI is InChI=1S/C14H23N3O4S/c1-11(2)17-22(19,20)13-6-4-12(5-7-13)16-14(18)10-15-8-9-21-3/h4-7,11,15,17H,8-10H2,1-3H3,(H,16,18). The highest BCUT2D eigenvalue weighted by molar-refractivity contribution is 7.89. The SMILES string of the molecule is COCCNCC(=O)Nc1ccc(S(=O)(=O)NC(C)C)cc1. The second kappa shape index (κ2) is 8.84. The fraction of sp³-hybridized carbons (Fsp3) is 0.500. The zero-order valence-corrected chi connectivity index (χ0v) is 13.9. The quantitative estimate of drug-likeness (QED) is 0.575. The highest BCUT2D eigenvalue weighted by Crippen LogP contribution is 2.14. The number of hydrogen-bond acceptors (Lipinski definition) is 5. The van der Waals surface area contributed by atoms with Gasteiger partial charge in [-0.05, 0) is 38.1 Å². The van der Waals surface area contributed by atoms with Crippen molar-refractivity contribution in [3.8, 4) is 0 Å². The number of carbonyl (C=O) groups is 1. The van der Waals surface area contributed by atoms with Gasteiger partial charge in [0.2, 0.25) is 15.9 Å². The molecule has 0 saturated heterocycles. The Kier molecular flexibility index (Phi) is 7.46. The highest BCUT2D eigenvalue weighted by Gasteiger charge is 2.15. The summed E-state index contributed by atoms with van der Waals surface area (Å²) in [5, 5.41) is 5.60. The zero-order valence-electron chi connectivity index (χ0n) is 13.0. The van der Waals surface area contributed by atoms with Crippen LogP contribution >= 0.6 is 0 Å². The van der Waals surface area contributed by atoms with E-state index in [0.29, 0.717) is 18.8 Å². The average Bonchev–Trinajstić information content (AvgIpc) is 2.43. The van der Waals surface area contributed by atoms with Gasteiger partial charge in [-0.25, -0.2) is 13.1 Å². The van der Waals surface area contributed by atoms with Crippen LogP contribution in [0.4, 0.5) is 5.69 Å². The number of sulfonamides is 1. The lowest BCUT2D eigenvalue weighted by atomic mass is 10.3. The Morgan fingerprint density at radius 1 is 1.23 bits per heavy atom. The zero-order chi connectivity index (χ0) is 16.6. The minimum atomic E-state index is -3.51. The van der Waals surface area contributed by atoms with Crippen molar-refractivity contribution in [3.63, 3.8) is 0 Å². The summed E-state index contributed by atoms with van der Waals surface area (Å²) >= 11 is 0. The van der Waals surface area contributed by atoms with Crippen LogP contribution in [0.2, 0.25) is 0 Å². The largest absolute Gasteiger partial charge is 0.383 e. The molecule has 0 spiro atoms. The molecule has 124 valence electrons. The number of hydrogen-bond donors (Lipinski definition) is 3. The van der Waals surface area contributed by atoms with Gasteiger partial charge >= 0.3 is 0 Å². The van der Waals surface area contributed by atoms with E-state index in [-0.39, 0.29) is 23.4 Å². The third kappa shape index (κ3) is 6.52. The lowest BCUT2D eigenvalue weighted by molar-refractivity contribution is -0.115. The maximum absolute atomic E-state index is 12.0. The van der Waals surface area contributed by atoms with Gasteiger partial charge in [0, 0.05) is 25.4 Å². The van der Waals surface area contributed by atoms with Crippen molar-refractivity contribution in [2.24, 2.45) is 0 Å². The van der Waals surface area contributed by atoms with E-state index in [2.05, 4.69) is 15.4 Å². The molecule has 0 unspecified atom stereocenters. The molecule has 0 bridgehead atoms. The van der Waals surface area contributed by atoms with E-state index >= 15 is 0 Å². The second-order valence-corrected chi connectivity index (χ2v) is 6.73. The van der Waals surface area contributed by atoms with Crippen molar-refractivity contribution in [2.75, 3.05) is 32.1 Å². The Hall–Kier alpha value is -1.48. The van der Waals surface area contributed by atoms with E-state index < -0.39 is 10.0 Å². The molecular weight excluding hydrogens is 306 g/mol. The maximum atomic E-state index is 12.0. The molecule has 3 N–H and O–H groups in total. The molecule has 8 heteroatoms. The number of benzene rings is 1. The second-order valence-electron chi connectivity index (χ2n) is 5.02. The topological polar surface area (TPSA) is 96.5 Å². The van der Waals surface area contributed by atoms with Crippen molar-refractivity contribution in [1.29, 1.82) is 0 Å². The van der Waals surface area contributed by atoms with Crippen LogP contribution in [0.25, 0.3) is 0 Å². The number of carbonyl (C=O) groups excluding carboxylic acids is 1. The third-order valence-corrected chi connectivity index (χ3v) is 4.28. The van der Waals surface area contributed by atoms with Crippen LogP contribution in [-0.2, 0) is 19.6 Å². The minimum absolute atomic E-state index is 0.164. The average molecular weight is 329 g/mol. The van der Waals surface area contributed by atoms with Gasteiger partial charge in [0.15, 0.2) is 0 Å². The molecule has 0 radical (unpaired) electrons. The van der Waals surface area contributed by atoms with Gasteiger partial charge in [0.05, 0.1) is 18.0 Å². The van der Waals surface area contributed by atoms with Crippen LogP contribution in [-0.4, -0.2) is 47.2 Å². The number of amides is 1. The van der Waals surface area contributed by atoms with Crippen LogP contribution in [0.5, 0.6) is 0 Å². The van der Waals surface area contributed by atoms with E-state index in [0.717, 1.165) is 0 Å². The Bertz CT molecular complexity index is 570. The molecule has 0 heterocycles. The summed E-state index contributed by atoms with van der Waals surface area (Å²) in [6.07, 6.45) is 0. The Balaban J connectivity index is 2.56. The van der Waals surface area contributed by atoms with Crippen LogP contribution in [0.1, 0.15) is 13.8 Å². The first kappa shape index (κ1) is 18.6. The normalized spacial score (nSPS) is 11.6. The fourth-order valence-electron chi connectivity index (χ4n) is 1.68. The van der Waals surface area contributed by atoms with E-state index in [4.69, 9.17) is 4.74 Å². The predicted molar refractivity (Wildman–Crippen MR) is 85.3 cm³/mol. The monoisotopic (exact) mass is 329 g/mol. The number of methoxy groups -OCH3 is 1. The van der Waals surface area contributed by atoms with Gasteiger partial charge in [0.25, 0.3) is 0 Å². The van der Waals surface area contributed by atoms with Gasteiger partial charge in [-0.15, -0.1) is 0 Å². The van der Waals surface area contributed by atoms with Crippen LogP contribution in [0, 0.1) is 0 Å². The Morgan fingerprint density at radius 2 is 1.86 bits per heavy atom. The van der Waals surface area contributed by atoms with Gasteiger partial charge in [0.1, 0.15) is 0 Å². The van der Waals surface area contributed by atoms with Crippen LogP contribution < -0.4 is 15.4 Å². The fourth-order valence-corrected chi connectivity index (χ4v) is 2.93. The van der Waals surface area contributed by atoms with Crippen molar-refractivity contribution in [2.45, 2.75) is 24.8 Å². The molecule has 0 saturated carbocycles. The smallest absolute Gasteiger partial charge is 0.240 e. The molecule has 0 atom stereocenters. The highest BCUT2D eigenvalue weighted by atomic mass is 32.2. The van der Waals surface area contributed by atoms with E-state index in [1.807, 2.05) is 0 Å². The summed E-state index contributed by atoms with van der Waals surface area (Å²) in [7, 11) is -1.93. The summed E-state index contributed by atoms with van der Waals surface area (Å²) in [6, 6.07) is 5.85. The summed E-state index contributed by atoms with van der Waals surface area (Å²) in [4.78, 5) is 11.8. The predicted octanol–water partition coefficient (Wildman–Crippen LogP) is 0.548. The molecule has 1 aromatic carbocycles. The lowest BCUT2D eigenvalue weighted by Gasteiger charge is -2.10. The number of ether oxygens (including phenoxy) is 1. The van der Waals surface area contributed by atoms with E-state index in [9.17, 15) is 13.2 Å². The van der Waals surface area contributed by atoms with Gasteiger partial charge in [-0.2, -0.15) is 0 Å². The lowest BCUT2D eigenvalue weighted by Crippen LogP contribution is -2.30. The molecule has 0 fully saturated rings. The van der Waals surface area contributed by atoms with Crippen LogP contribution in [0.15, 0.2) is 29.2 Å². The summed E-state index contributed by atoms with van der Waals surface area (Å²) < 4.78 is 31.3. The molecule has 1 amide bonds.